The molecule has 0 bridgehead atoms. The van der Waals surface area contributed by atoms with Gasteiger partial charge in [0.2, 0.25) is 0 Å². The summed E-state index contributed by atoms with van der Waals surface area (Å²) in [5.74, 6) is 0. The number of halogens is 5. The molecule has 2 unspecified atom stereocenters. The highest BCUT2D eigenvalue weighted by Crippen LogP contribution is 3.02. The molecule has 2 amide bonds. The number of rotatable bonds is 4. The Balaban J connectivity index is 1.63. The minimum absolute atomic E-state index is 0.168. The van der Waals surface area contributed by atoms with Crippen LogP contribution in [0.3, 0.4) is 0 Å². The molecule has 1 saturated heterocycles. The van der Waals surface area contributed by atoms with Gasteiger partial charge in [0.15, 0.2) is 0 Å². The van der Waals surface area contributed by atoms with Gasteiger partial charge in [-0.1, -0.05) is 43.7 Å². The van der Waals surface area contributed by atoms with E-state index in [1.807, 2.05) is 0 Å². The molecule has 2 aliphatic rings. The molecule has 1 fully saturated rings. The molecular formula is C20H22F5N3O3S. The van der Waals surface area contributed by atoms with Gasteiger partial charge in [-0.3, -0.25) is 0 Å². The number of carbonyl (C=O) groups is 1. The zero-order valence-corrected chi connectivity index (χ0v) is 17.6. The van der Waals surface area contributed by atoms with E-state index in [0.717, 1.165) is 11.6 Å². The van der Waals surface area contributed by atoms with Crippen LogP contribution in [0.2, 0.25) is 0 Å². The van der Waals surface area contributed by atoms with Gasteiger partial charge in [0.05, 0.1) is 36.7 Å². The Bertz CT molecular complexity index is 1050. The number of carbonyl (C=O) groups excluding carboxylic acids is 1. The monoisotopic (exact) mass is 479 g/mol. The average Bonchev–Trinajstić information content (AvgIpc) is 3.02. The van der Waals surface area contributed by atoms with Crippen molar-refractivity contribution in [3.8, 4) is 0 Å². The first-order valence-electron chi connectivity index (χ1n) is 9.86. The third kappa shape index (κ3) is 4.76. The highest BCUT2D eigenvalue weighted by atomic mass is 32.5. The highest BCUT2D eigenvalue weighted by Gasteiger charge is 2.65. The van der Waals surface area contributed by atoms with E-state index in [4.69, 9.17) is 4.74 Å². The summed E-state index contributed by atoms with van der Waals surface area (Å²) in [5.41, 5.74) is 1.28. The van der Waals surface area contributed by atoms with Crippen molar-refractivity contribution in [3.05, 3.63) is 53.6 Å². The van der Waals surface area contributed by atoms with E-state index in [9.17, 15) is 29.3 Å². The number of aliphatic hydroxyl groups excluding tert-OH is 1. The third-order valence-electron chi connectivity index (χ3n) is 5.50. The van der Waals surface area contributed by atoms with Crippen LogP contribution in [-0.2, 0) is 11.2 Å². The minimum Gasteiger partial charge on any atom is -0.390 e. The predicted octanol–water partition coefficient (Wildman–Crippen LogP) is 4.96. The number of hydrogen-bond acceptors (Lipinski definition) is 4. The Labute approximate surface area is 181 Å². The molecule has 2 aromatic carbocycles. The molecule has 12 heteroatoms. The van der Waals surface area contributed by atoms with E-state index in [0.29, 0.717) is 44.4 Å². The van der Waals surface area contributed by atoms with E-state index in [2.05, 4.69) is 10.6 Å². The second-order valence-corrected chi connectivity index (χ2v) is 10.2. The van der Waals surface area contributed by atoms with Crippen LogP contribution in [0.5, 0.6) is 0 Å². The molecule has 4 rings (SSSR count). The maximum Gasteiger partial charge on any atom is 0.319 e. The number of benzene rings is 2. The molecule has 6 nitrogen and oxygen atoms in total. The van der Waals surface area contributed by atoms with Crippen LogP contribution in [0.25, 0.3) is 0 Å². The van der Waals surface area contributed by atoms with E-state index >= 15 is 0 Å². The molecule has 2 aromatic rings. The molecule has 0 radical (unpaired) electrons. The molecule has 1 aliphatic carbocycles. The molecule has 0 aromatic heterocycles. The van der Waals surface area contributed by atoms with Gasteiger partial charge in [0.1, 0.15) is 4.90 Å². The van der Waals surface area contributed by atoms with Crippen molar-refractivity contribution < 1.29 is 34.1 Å². The van der Waals surface area contributed by atoms with E-state index < -0.39 is 39.0 Å². The number of anilines is 2. The number of amides is 2. The Morgan fingerprint density at radius 3 is 2.44 bits per heavy atom. The molecule has 32 heavy (non-hydrogen) atoms. The Morgan fingerprint density at radius 1 is 1.06 bits per heavy atom. The topological polar surface area (TPSA) is 73.8 Å². The number of morpholine rings is 1. The number of aliphatic hydroxyl groups is 1. The van der Waals surface area contributed by atoms with Crippen molar-refractivity contribution in [3.63, 3.8) is 0 Å². The number of fused-ring (bicyclic) bond motifs is 1. The van der Waals surface area contributed by atoms with E-state index in [-0.39, 0.29) is 11.8 Å². The van der Waals surface area contributed by atoms with E-state index in [1.54, 1.807) is 29.2 Å². The van der Waals surface area contributed by atoms with Crippen LogP contribution in [0.15, 0.2) is 47.4 Å². The quantitative estimate of drug-likeness (QED) is 0.542. The lowest BCUT2D eigenvalue weighted by Gasteiger charge is -2.41. The van der Waals surface area contributed by atoms with Crippen LogP contribution in [0, 0.1) is 0 Å². The highest BCUT2D eigenvalue weighted by molar-refractivity contribution is 8.45. The summed E-state index contributed by atoms with van der Waals surface area (Å²) in [5, 5.41) is 15.1. The first kappa shape index (κ1) is 22.6. The lowest BCUT2D eigenvalue weighted by molar-refractivity contribution is 0.123. The molecule has 0 saturated carbocycles. The van der Waals surface area contributed by atoms with Crippen LogP contribution < -0.4 is 15.5 Å². The Kier molecular flexibility index (Phi) is 5.10. The molecule has 0 spiro atoms. The largest absolute Gasteiger partial charge is 0.390 e. The number of nitrogens with zero attached hydrogens (tertiary/aromatic N) is 1. The SMILES string of the molecule is O=C(Nc1cc(S(F)(F)(F)(F)F)ccc1N1CCOCC1)NC1c2ccccc2CC1O. The molecular weight excluding hydrogens is 457 g/mol. The van der Waals surface area contributed by atoms with Gasteiger partial charge in [0, 0.05) is 19.5 Å². The van der Waals surface area contributed by atoms with Gasteiger partial charge in [0.25, 0.3) is 0 Å². The summed E-state index contributed by atoms with van der Waals surface area (Å²) in [6.45, 7) is 1.25. The summed E-state index contributed by atoms with van der Waals surface area (Å²) < 4.78 is 72.2. The summed E-state index contributed by atoms with van der Waals surface area (Å²) in [7, 11) is -9.96. The first-order valence-corrected chi connectivity index (χ1v) is 11.8. The summed E-state index contributed by atoms with van der Waals surface area (Å²) in [6.07, 6.45) is -0.618. The lowest BCUT2D eigenvalue weighted by Crippen LogP contribution is -2.39. The van der Waals surface area contributed by atoms with Crippen molar-refractivity contribution in [2.75, 3.05) is 36.5 Å². The number of ether oxygens (including phenoxy) is 1. The fourth-order valence-corrected chi connectivity index (χ4v) is 4.65. The molecule has 2 atom stereocenters. The summed E-state index contributed by atoms with van der Waals surface area (Å²) >= 11 is 0. The molecule has 176 valence electrons. The number of hydrogen-bond donors (Lipinski definition) is 3. The number of urea groups is 1. The van der Waals surface area contributed by atoms with Gasteiger partial charge in [-0.2, -0.15) is 0 Å². The fourth-order valence-electron chi connectivity index (χ4n) is 3.98. The Morgan fingerprint density at radius 2 is 1.75 bits per heavy atom. The van der Waals surface area contributed by atoms with Crippen LogP contribution >= 0.6 is 10.2 Å². The van der Waals surface area contributed by atoms with Crippen LogP contribution in [0.1, 0.15) is 17.2 Å². The van der Waals surface area contributed by atoms with Crippen molar-refractivity contribution in [2.45, 2.75) is 23.5 Å². The number of nitrogens with one attached hydrogen (secondary N) is 2. The average molecular weight is 479 g/mol. The second kappa shape index (κ2) is 7.22. The molecule has 1 heterocycles. The Hall–Kier alpha value is -2.57. The zero-order chi connectivity index (χ0) is 23.2. The van der Waals surface area contributed by atoms with Gasteiger partial charge < -0.3 is 25.4 Å². The lowest BCUT2D eigenvalue weighted by atomic mass is 10.1. The van der Waals surface area contributed by atoms with E-state index in [1.165, 1.54) is 0 Å². The summed E-state index contributed by atoms with van der Waals surface area (Å²) in [4.78, 5) is 12.2. The van der Waals surface area contributed by atoms with Crippen molar-refractivity contribution in [1.29, 1.82) is 0 Å². The van der Waals surface area contributed by atoms with Gasteiger partial charge in [-0.05, 0) is 29.3 Å². The smallest absolute Gasteiger partial charge is 0.319 e. The zero-order valence-electron chi connectivity index (χ0n) is 16.7. The maximum atomic E-state index is 13.4. The second-order valence-electron chi connectivity index (χ2n) is 7.79. The molecule has 1 aliphatic heterocycles. The van der Waals surface area contributed by atoms with Gasteiger partial charge >= 0.3 is 16.3 Å². The fraction of sp³-hybridized carbons (Fsp3) is 0.350. The van der Waals surface area contributed by atoms with Crippen LogP contribution in [0.4, 0.5) is 35.6 Å². The third-order valence-corrected chi connectivity index (χ3v) is 6.65. The predicted molar refractivity (Wildman–Crippen MR) is 112 cm³/mol. The normalized spacial score (nSPS) is 23.1. The van der Waals surface area contributed by atoms with Crippen molar-refractivity contribution >= 4 is 27.6 Å². The van der Waals surface area contributed by atoms with Crippen molar-refractivity contribution in [2.24, 2.45) is 0 Å². The van der Waals surface area contributed by atoms with Gasteiger partial charge in [-0.15, -0.1) is 0 Å². The maximum absolute atomic E-state index is 13.4. The van der Waals surface area contributed by atoms with Gasteiger partial charge in [-0.25, -0.2) is 4.79 Å². The standard InChI is InChI=1S/C20H22F5N3O3S/c21-32(22,23,24,25)14-5-6-17(28-7-9-31-10-8-28)16(12-14)26-20(30)27-19-15-4-2-1-3-13(15)11-18(19)29/h1-6,12,18-19,29H,7-11H2,(H2,26,27,30). The first-order chi connectivity index (χ1) is 14.8. The minimum atomic E-state index is -9.96. The van der Waals surface area contributed by atoms with Crippen LogP contribution in [-0.4, -0.2) is 43.5 Å². The molecule has 3 N–H and O–H groups in total. The summed E-state index contributed by atoms with van der Waals surface area (Å²) in [6, 6.07) is 6.85. The van der Waals surface area contributed by atoms with Crippen molar-refractivity contribution in [1.82, 2.24) is 5.32 Å².